The molecule has 0 aromatic heterocycles. The number of hydrogen-bond donors (Lipinski definition) is 1. The van der Waals surface area contributed by atoms with Gasteiger partial charge in [0.2, 0.25) is 0 Å². The number of esters is 1. The average molecular weight is 355 g/mol. The summed E-state index contributed by atoms with van der Waals surface area (Å²) in [5.41, 5.74) is 0.659. The van der Waals surface area contributed by atoms with E-state index >= 15 is 0 Å². The predicted octanol–water partition coefficient (Wildman–Crippen LogP) is 3.79. The number of ether oxygens (including phenoxy) is 1. The fourth-order valence-corrected chi connectivity index (χ4v) is 3.13. The molecule has 1 atom stereocenters. The molecule has 0 unspecified atom stereocenters. The van der Waals surface area contributed by atoms with Gasteiger partial charge in [-0.3, -0.25) is 4.90 Å². The summed E-state index contributed by atoms with van der Waals surface area (Å²) in [5.74, 6) is -1.20. The van der Waals surface area contributed by atoms with Crippen LogP contribution in [-0.4, -0.2) is 29.5 Å². The first-order valence-electron chi connectivity index (χ1n) is 7.71. The van der Waals surface area contributed by atoms with Crippen LogP contribution in [0.4, 0.5) is 9.18 Å². The Balaban J connectivity index is 2.65. The van der Waals surface area contributed by atoms with Crippen molar-refractivity contribution in [3.63, 3.8) is 0 Å². The van der Waals surface area contributed by atoms with Gasteiger partial charge in [0.05, 0.1) is 18.2 Å². The van der Waals surface area contributed by atoms with E-state index < -0.39 is 23.9 Å². The van der Waals surface area contributed by atoms with Gasteiger partial charge in [0.25, 0.3) is 0 Å². The lowest BCUT2D eigenvalue weighted by Crippen LogP contribution is -2.50. The van der Waals surface area contributed by atoms with E-state index in [1.165, 1.54) is 23.1 Å². The maximum absolute atomic E-state index is 14.3. The van der Waals surface area contributed by atoms with Crippen LogP contribution in [0.25, 0.3) is 0 Å². The molecule has 0 spiro atoms. The van der Waals surface area contributed by atoms with Crippen LogP contribution in [0.1, 0.15) is 39.3 Å². The number of amides is 2. The number of urea groups is 1. The van der Waals surface area contributed by atoms with Gasteiger partial charge in [-0.1, -0.05) is 17.7 Å². The molecule has 1 aliphatic rings. The number of carbonyl (C=O) groups is 2. The van der Waals surface area contributed by atoms with Gasteiger partial charge in [-0.25, -0.2) is 14.0 Å². The summed E-state index contributed by atoms with van der Waals surface area (Å²) in [6.45, 7) is 7.14. The van der Waals surface area contributed by atoms with Gasteiger partial charge >= 0.3 is 12.0 Å². The molecule has 1 aromatic carbocycles. The molecule has 7 heteroatoms. The van der Waals surface area contributed by atoms with Crippen molar-refractivity contribution >= 4 is 23.6 Å². The number of nitrogens with one attached hydrogen (secondary N) is 1. The minimum atomic E-state index is -1.000. The molecule has 2 rings (SSSR count). The van der Waals surface area contributed by atoms with E-state index in [-0.39, 0.29) is 28.8 Å². The SMILES string of the molecule is CCOC(=O)C1=C(C)N(C(C)C)C(=O)N[C@H]1c1c(F)cccc1Cl. The topological polar surface area (TPSA) is 58.6 Å². The smallest absolute Gasteiger partial charge is 0.338 e. The molecule has 1 aromatic rings. The molecule has 5 nitrogen and oxygen atoms in total. The van der Waals surface area contributed by atoms with E-state index in [9.17, 15) is 14.0 Å². The Morgan fingerprint density at radius 2 is 2.12 bits per heavy atom. The van der Waals surface area contributed by atoms with Crippen LogP contribution < -0.4 is 5.32 Å². The van der Waals surface area contributed by atoms with E-state index in [0.29, 0.717) is 5.70 Å². The molecule has 24 heavy (non-hydrogen) atoms. The van der Waals surface area contributed by atoms with Gasteiger partial charge in [0.15, 0.2) is 0 Å². The Kier molecular flexibility index (Phi) is 5.49. The summed E-state index contributed by atoms with van der Waals surface area (Å²) in [4.78, 5) is 26.3. The highest BCUT2D eigenvalue weighted by molar-refractivity contribution is 6.31. The molecule has 2 amide bonds. The van der Waals surface area contributed by atoms with Crippen molar-refractivity contribution in [1.82, 2.24) is 10.2 Å². The lowest BCUT2D eigenvalue weighted by Gasteiger charge is -2.37. The number of allylic oxidation sites excluding steroid dienone is 1. The van der Waals surface area contributed by atoms with Gasteiger partial charge < -0.3 is 10.1 Å². The molecule has 1 heterocycles. The zero-order valence-corrected chi connectivity index (χ0v) is 14.8. The summed E-state index contributed by atoms with van der Waals surface area (Å²) in [5, 5.41) is 2.80. The summed E-state index contributed by atoms with van der Waals surface area (Å²) in [7, 11) is 0. The van der Waals surface area contributed by atoms with Gasteiger partial charge in [-0.15, -0.1) is 0 Å². The second-order valence-corrected chi connectivity index (χ2v) is 6.11. The largest absolute Gasteiger partial charge is 0.463 e. The van der Waals surface area contributed by atoms with Gasteiger partial charge in [0.1, 0.15) is 5.82 Å². The van der Waals surface area contributed by atoms with E-state index in [1.807, 2.05) is 13.8 Å². The van der Waals surface area contributed by atoms with Crippen molar-refractivity contribution in [2.24, 2.45) is 0 Å². The monoisotopic (exact) mass is 354 g/mol. The second-order valence-electron chi connectivity index (χ2n) is 5.70. The third-order valence-electron chi connectivity index (χ3n) is 3.83. The van der Waals surface area contributed by atoms with Gasteiger partial charge in [-0.05, 0) is 39.8 Å². The summed E-state index contributed by atoms with van der Waals surface area (Å²) < 4.78 is 19.4. The van der Waals surface area contributed by atoms with Crippen LogP contribution in [0.2, 0.25) is 5.02 Å². The van der Waals surface area contributed by atoms with E-state index in [0.717, 1.165) is 0 Å². The fraction of sp³-hybridized carbons (Fsp3) is 0.412. The lowest BCUT2D eigenvalue weighted by atomic mass is 9.94. The lowest BCUT2D eigenvalue weighted by molar-refractivity contribution is -0.139. The van der Waals surface area contributed by atoms with Crippen molar-refractivity contribution < 1.29 is 18.7 Å². The van der Waals surface area contributed by atoms with Crippen LogP contribution >= 0.6 is 11.6 Å². The van der Waals surface area contributed by atoms with Crippen LogP contribution in [0, 0.1) is 5.82 Å². The standard InChI is InChI=1S/C17H20ClFN2O3/c1-5-24-16(22)13-10(4)21(9(2)3)17(23)20-15(13)14-11(18)7-6-8-12(14)19/h6-9,15H,5H2,1-4H3,(H,20,23)/t15-/m1/s1. The van der Waals surface area contributed by atoms with Gasteiger partial charge in [-0.2, -0.15) is 0 Å². The molecule has 0 saturated heterocycles. The molecule has 0 fully saturated rings. The number of nitrogens with zero attached hydrogens (tertiary/aromatic N) is 1. The third kappa shape index (κ3) is 3.24. The molecule has 1 aliphatic heterocycles. The fourth-order valence-electron chi connectivity index (χ4n) is 2.86. The first kappa shape index (κ1) is 18.3. The minimum absolute atomic E-state index is 0.0540. The van der Waals surface area contributed by atoms with Crippen molar-refractivity contribution in [2.45, 2.75) is 39.8 Å². The first-order chi connectivity index (χ1) is 11.3. The predicted molar refractivity (Wildman–Crippen MR) is 89.0 cm³/mol. The van der Waals surface area contributed by atoms with Crippen molar-refractivity contribution in [1.29, 1.82) is 0 Å². The molecule has 0 saturated carbocycles. The number of hydrogen-bond acceptors (Lipinski definition) is 3. The number of carbonyl (C=O) groups excluding carboxylic acids is 2. The zero-order chi connectivity index (χ0) is 18.0. The Morgan fingerprint density at radius 1 is 1.46 bits per heavy atom. The normalized spacial score (nSPS) is 18.0. The molecular formula is C17H20ClFN2O3. The molecule has 0 aliphatic carbocycles. The van der Waals surface area contributed by atoms with Crippen molar-refractivity contribution in [3.05, 3.63) is 45.9 Å². The first-order valence-corrected chi connectivity index (χ1v) is 8.08. The molecular weight excluding hydrogens is 335 g/mol. The maximum atomic E-state index is 14.3. The number of rotatable bonds is 4. The Morgan fingerprint density at radius 3 is 2.67 bits per heavy atom. The Hall–Kier alpha value is -2.08. The summed E-state index contributed by atoms with van der Waals surface area (Å²) in [6.07, 6.45) is 0. The van der Waals surface area contributed by atoms with Crippen molar-refractivity contribution in [2.75, 3.05) is 6.61 Å². The molecule has 130 valence electrons. The molecule has 0 bridgehead atoms. The quantitative estimate of drug-likeness (QED) is 0.837. The summed E-state index contributed by atoms with van der Waals surface area (Å²) in [6, 6.07) is 2.62. The number of benzene rings is 1. The van der Waals surface area contributed by atoms with Crippen LogP contribution in [0.15, 0.2) is 29.5 Å². The highest BCUT2D eigenvalue weighted by Crippen LogP contribution is 2.36. The second kappa shape index (κ2) is 7.21. The Labute approximate surface area is 145 Å². The van der Waals surface area contributed by atoms with Crippen LogP contribution in [-0.2, 0) is 9.53 Å². The average Bonchev–Trinajstić information content (AvgIpc) is 2.46. The van der Waals surface area contributed by atoms with E-state index in [2.05, 4.69) is 5.32 Å². The van der Waals surface area contributed by atoms with Crippen LogP contribution in [0.5, 0.6) is 0 Å². The maximum Gasteiger partial charge on any atom is 0.338 e. The van der Waals surface area contributed by atoms with Crippen LogP contribution in [0.3, 0.4) is 0 Å². The zero-order valence-electron chi connectivity index (χ0n) is 14.0. The molecule has 1 N–H and O–H groups in total. The minimum Gasteiger partial charge on any atom is -0.463 e. The number of halogens is 2. The Bertz CT molecular complexity index is 683. The van der Waals surface area contributed by atoms with Gasteiger partial charge in [0, 0.05) is 22.3 Å². The van der Waals surface area contributed by atoms with E-state index in [4.69, 9.17) is 16.3 Å². The molecule has 0 radical (unpaired) electrons. The highest BCUT2D eigenvalue weighted by Gasteiger charge is 2.39. The summed E-state index contributed by atoms with van der Waals surface area (Å²) >= 11 is 6.12. The highest BCUT2D eigenvalue weighted by atomic mass is 35.5. The van der Waals surface area contributed by atoms with E-state index in [1.54, 1.807) is 13.8 Å². The van der Waals surface area contributed by atoms with Crippen molar-refractivity contribution in [3.8, 4) is 0 Å². The third-order valence-corrected chi connectivity index (χ3v) is 4.16.